The third kappa shape index (κ3) is 1.78. The maximum absolute atomic E-state index is 2.71. The van der Waals surface area contributed by atoms with E-state index in [1.54, 1.807) is 44.9 Å². The van der Waals surface area contributed by atoms with Crippen LogP contribution in [-0.4, -0.2) is 0 Å². The van der Waals surface area contributed by atoms with Crippen molar-refractivity contribution in [1.29, 1.82) is 0 Å². The SMILES string of the molecule is CC1CC[C@@]2(C)C(CCC3C4CCC[C@@]4(C)CCC32)C1. The Morgan fingerprint density at radius 3 is 2.50 bits per heavy atom. The molecule has 4 saturated carbocycles. The van der Waals surface area contributed by atoms with Gasteiger partial charge in [-0.1, -0.05) is 33.6 Å². The average Bonchev–Trinajstić information content (AvgIpc) is 2.81. The fraction of sp³-hybridized carbons (Fsp3) is 1.00. The second kappa shape index (κ2) is 4.50. The second-order valence-corrected chi connectivity index (χ2v) is 9.62. The third-order valence-electron chi connectivity index (χ3n) is 8.71. The van der Waals surface area contributed by atoms with Crippen molar-refractivity contribution in [1.82, 2.24) is 0 Å². The van der Waals surface area contributed by atoms with Crippen molar-refractivity contribution in [2.24, 2.45) is 40.4 Å². The van der Waals surface area contributed by atoms with Crippen molar-refractivity contribution in [2.45, 2.75) is 85.0 Å². The van der Waals surface area contributed by atoms with Crippen LogP contribution in [0, 0.1) is 40.4 Å². The lowest BCUT2D eigenvalue weighted by Gasteiger charge is -2.60. The molecule has 0 radical (unpaired) electrons. The molecule has 4 aliphatic rings. The smallest absolute Gasteiger partial charge is 0.0266 e. The van der Waals surface area contributed by atoms with Gasteiger partial charge in [0.1, 0.15) is 0 Å². The van der Waals surface area contributed by atoms with Gasteiger partial charge in [-0.15, -0.1) is 0 Å². The van der Waals surface area contributed by atoms with Crippen molar-refractivity contribution in [3.05, 3.63) is 0 Å². The third-order valence-corrected chi connectivity index (χ3v) is 8.71. The Bertz CT molecular complexity index is 385. The molecule has 4 fully saturated rings. The molecule has 4 rings (SSSR count). The fourth-order valence-electron chi connectivity index (χ4n) is 7.47. The summed E-state index contributed by atoms with van der Waals surface area (Å²) in [6, 6.07) is 0. The van der Waals surface area contributed by atoms with E-state index >= 15 is 0 Å². The van der Waals surface area contributed by atoms with Gasteiger partial charge in [0.05, 0.1) is 0 Å². The zero-order chi connectivity index (χ0) is 14.0. The molecule has 5 unspecified atom stereocenters. The number of fused-ring (bicyclic) bond motifs is 5. The lowest BCUT2D eigenvalue weighted by molar-refractivity contribution is -0.110. The van der Waals surface area contributed by atoms with Gasteiger partial charge in [-0.05, 0) is 91.8 Å². The Kier molecular flexibility index (Phi) is 3.07. The first-order valence-corrected chi connectivity index (χ1v) is 9.53. The molecule has 0 aromatic carbocycles. The number of rotatable bonds is 0. The normalized spacial score (nSPS) is 58.6. The molecule has 0 N–H and O–H groups in total. The van der Waals surface area contributed by atoms with Crippen LogP contribution in [0.3, 0.4) is 0 Å². The zero-order valence-corrected chi connectivity index (χ0v) is 14.0. The van der Waals surface area contributed by atoms with E-state index < -0.39 is 0 Å². The van der Waals surface area contributed by atoms with Gasteiger partial charge in [0.15, 0.2) is 0 Å². The first kappa shape index (κ1) is 13.6. The summed E-state index contributed by atoms with van der Waals surface area (Å²) >= 11 is 0. The molecule has 0 aliphatic heterocycles. The topological polar surface area (TPSA) is 0 Å². The minimum Gasteiger partial charge on any atom is -0.0625 e. The van der Waals surface area contributed by atoms with Crippen LogP contribution in [0.1, 0.15) is 85.0 Å². The lowest BCUT2D eigenvalue weighted by atomic mass is 9.45. The predicted molar refractivity (Wildman–Crippen MR) is 85.5 cm³/mol. The van der Waals surface area contributed by atoms with Gasteiger partial charge in [0, 0.05) is 0 Å². The molecule has 0 saturated heterocycles. The van der Waals surface area contributed by atoms with Gasteiger partial charge in [-0.25, -0.2) is 0 Å². The summed E-state index contributed by atoms with van der Waals surface area (Å²) < 4.78 is 0. The van der Waals surface area contributed by atoms with Gasteiger partial charge in [-0.3, -0.25) is 0 Å². The van der Waals surface area contributed by atoms with Crippen LogP contribution in [0.2, 0.25) is 0 Å². The first-order valence-electron chi connectivity index (χ1n) is 9.53. The van der Waals surface area contributed by atoms with E-state index in [1.165, 1.54) is 19.3 Å². The largest absolute Gasteiger partial charge is 0.0625 e. The van der Waals surface area contributed by atoms with Crippen LogP contribution in [0.4, 0.5) is 0 Å². The summed E-state index contributed by atoms with van der Waals surface area (Å²) in [6.45, 7) is 7.84. The highest BCUT2D eigenvalue weighted by Crippen LogP contribution is 2.66. The molecule has 0 heterocycles. The second-order valence-electron chi connectivity index (χ2n) is 9.62. The summed E-state index contributed by atoms with van der Waals surface area (Å²) in [5.74, 6) is 5.36. The van der Waals surface area contributed by atoms with Gasteiger partial charge in [-0.2, -0.15) is 0 Å². The lowest BCUT2D eigenvalue weighted by Crippen LogP contribution is -2.52. The predicted octanol–water partition coefficient (Wildman–Crippen LogP) is 6.06. The Morgan fingerprint density at radius 1 is 0.800 bits per heavy atom. The molecule has 0 bridgehead atoms. The van der Waals surface area contributed by atoms with E-state index in [0.717, 1.165) is 40.4 Å². The molecule has 0 spiro atoms. The van der Waals surface area contributed by atoms with Crippen LogP contribution in [0.15, 0.2) is 0 Å². The van der Waals surface area contributed by atoms with Gasteiger partial charge >= 0.3 is 0 Å². The molecular formula is C20H34. The quantitative estimate of drug-likeness (QED) is 0.504. The van der Waals surface area contributed by atoms with Gasteiger partial charge in [0.2, 0.25) is 0 Å². The molecule has 0 amide bonds. The molecule has 114 valence electrons. The van der Waals surface area contributed by atoms with Gasteiger partial charge < -0.3 is 0 Å². The standard InChI is InChI=1S/C20H34/c1-14-8-12-20(3)15(13-14)6-7-16-17-5-4-10-19(17,2)11-9-18(16)20/h14-18H,4-13H2,1-3H3/t14?,15?,16?,17?,18?,19-,20-/m0/s1. The van der Waals surface area contributed by atoms with E-state index in [0.29, 0.717) is 0 Å². The summed E-state index contributed by atoms with van der Waals surface area (Å²) in [5, 5.41) is 0. The summed E-state index contributed by atoms with van der Waals surface area (Å²) in [7, 11) is 0. The highest BCUT2D eigenvalue weighted by Gasteiger charge is 2.57. The summed E-state index contributed by atoms with van der Waals surface area (Å²) in [4.78, 5) is 0. The number of hydrogen-bond acceptors (Lipinski definition) is 0. The number of hydrogen-bond donors (Lipinski definition) is 0. The Labute approximate surface area is 126 Å². The molecule has 0 aromatic rings. The summed E-state index contributed by atoms with van der Waals surface area (Å²) in [6.07, 6.45) is 15.5. The van der Waals surface area contributed by atoms with Gasteiger partial charge in [0.25, 0.3) is 0 Å². The monoisotopic (exact) mass is 274 g/mol. The maximum atomic E-state index is 2.71. The molecule has 0 nitrogen and oxygen atoms in total. The minimum atomic E-state index is 0.722. The highest BCUT2D eigenvalue weighted by atomic mass is 14.6. The molecule has 7 atom stereocenters. The van der Waals surface area contributed by atoms with Crippen LogP contribution in [0.5, 0.6) is 0 Å². The molecule has 4 aliphatic carbocycles. The first-order chi connectivity index (χ1) is 9.53. The van der Waals surface area contributed by atoms with Crippen molar-refractivity contribution in [2.75, 3.05) is 0 Å². The summed E-state index contributed by atoms with van der Waals surface area (Å²) in [5.41, 5.74) is 1.46. The van der Waals surface area contributed by atoms with Crippen molar-refractivity contribution < 1.29 is 0 Å². The van der Waals surface area contributed by atoms with Crippen molar-refractivity contribution >= 4 is 0 Å². The average molecular weight is 274 g/mol. The Hall–Kier alpha value is 0. The van der Waals surface area contributed by atoms with Crippen molar-refractivity contribution in [3.8, 4) is 0 Å². The van der Waals surface area contributed by atoms with E-state index in [4.69, 9.17) is 0 Å². The minimum absolute atomic E-state index is 0.722. The van der Waals surface area contributed by atoms with Crippen LogP contribution in [-0.2, 0) is 0 Å². The van der Waals surface area contributed by atoms with Crippen LogP contribution in [0.25, 0.3) is 0 Å². The molecule has 20 heavy (non-hydrogen) atoms. The van der Waals surface area contributed by atoms with E-state index in [9.17, 15) is 0 Å². The Balaban J connectivity index is 1.62. The van der Waals surface area contributed by atoms with E-state index in [1.807, 2.05) is 0 Å². The zero-order valence-electron chi connectivity index (χ0n) is 14.0. The van der Waals surface area contributed by atoms with Crippen LogP contribution >= 0.6 is 0 Å². The molecule has 0 heteroatoms. The maximum Gasteiger partial charge on any atom is -0.0266 e. The Morgan fingerprint density at radius 2 is 1.65 bits per heavy atom. The van der Waals surface area contributed by atoms with Crippen molar-refractivity contribution in [3.63, 3.8) is 0 Å². The van der Waals surface area contributed by atoms with Crippen LogP contribution < -0.4 is 0 Å². The fourth-order valence-corrected chi connectivity index (χ4v) is 7.47. The highest BCUT2D eigenvalue weighted by molar-refractivity contribution is 5.07. The molecule has 0 aromatic heterocycles. The molecular weight excluding hydrogens is 240 g/mol. The van der Waals surface area contributed by atoms with E-state index in [2.05, 4.69) is 20.8 Å². The van der Waals surface area contributed by atoms with E-state index in [-0.39, 0.29) is 0 Å².